The van der Waals surface area contributed by atoms with Gasteiger partial charge < -0.3 is 9.15 Å². The lowest BCUT2D eigenvalue weighted by Gasteiger charge is -2.29. The Morgan fingerprint density at radius 2 is 1.95 bits per heavy atom. The average Bonchev–Trinajstić information content (AvgIpc) is 2.78. The summed E-state index contributed by atoms with van der Waals surface area (Å²) < 4.78 is 34.7. The van der Waals surface area contributed by atoms with Crippen LogP contribution >= 0.6 is 0 Å². The lowest BCUT2D eigenvalue weighted by Crippen LogP contribution is -2.32. The Kier molecular flexibility index (Phi) is 3.74. The maximum Gasteiger partial charge on any atom is 0.175 e. The third-order valence-electron chi connectivity index (χ3n) is 3.73. The van der Waals surface area contributed by atoms with E-state index in [1.807, 2.05) is 20.0 Å². The predicted molar refractivity (Wildman–Crippen MR) is 82.7 cm³/mol. The molecule has 0 amide bonds. The van der Waals surface area contributed by atoms with Crippen molar-refractivity contribution in [1.82, 2.24) is 4.90 Å². The summed E-state index contributed by atoms with van der Waals surface area (Å²) in [5, 5.41) is 0. The van der Waals surface area contributed by atoms with Gasteiger partial charge in [-0.1, -0.05) is 0 Å². The van der Waals surface area contributed by atoms with Gasteiger partial charge in [-0.25, -0.2) is 8.42 Å². The van der Waals surface area contributed by atoms with Gasteiger partial charge in [0.15, 0.2) is 9.84 Å². The summed E-state index contributed by atoms with van der Waals surface area (Å²) in [6.07, 6.45) is 1.08. The fourth-order valence-electron chi connectivity index (χ4n) is 2.70. The third kappa shape index (κ3) is 3.03. The van der Waals surface area contributed by atoms with Crippen molar-refractivity contribution in [2.45, 2.75) is 24.5 Å². The van der Waals surface area contributed by atoms with Crippen molar-refractivity contribution in [2.24, 2.45) is 0 Å². The van der Waals surface area contributed by atoms with E-state index in [9.17, 15) is 8.42 Å². The molecule has 0 N–H and O–H groups in total. The number of hydrogen-bond donors (Lipinski definition) is 0. The number of ether oxygens (including phenoxy) is 1. The minimum absolute atomic E-state index is 0.115. The molecular weight excluding hydrogens is 302 g/mol. The smallest absolute Gasteiger partial charge is 0.175 e. The highest BCUT2D eigenvalue weighted by Gasteiger charge is 2.28. The molecular formula is C16H19NO4S. The molecule has 5 nitrogen and oxygen atoms in total. The standard InChI is InChI=1S/C16H19NO4S/c1-11-8-14-15(20-11)9-17(2)10-16(14)21-12-4-6-13(7-5-12)22(3,18)19/h4-8,16H,9-10H2,1-3H3. The fraction of sp³-hybridized carbons (Fsp3) is 0.375. The molecule has 6 heteroatoms. The topological polar surface area (TPSA) is 59.8 Å². The molecule has 0 aliphatic carbocycles. The molecule has 0 spiro atoms. The Labute approximate surface area is 130 Å². The van der Waals surface area contributed by atoms with Gasteiger partial charge in [0.05, 0.1) is 11.4 Å². The number of hydrogen-bond acceptors (Lipinski definition) is 5. The first kappa shape index (κ1) is 15.1. The quantitative estimate of drug-likeness (QED) is 0.869. The lowest BCUT2D eigenvalue weighted by molar-refractivity contribution is 0.119. The van der Waals surface area contributed by atoms with E-state index < -0.39 is 9.84 Å². The van der Waals surface area contributed by atoms with E-state index in [0.717, 1.165) is 30.2 Å². The van der Waals surface area contributed by atoms with Crippen molar-refractivity contribution in [3.63, 3.8) is 0 Å². The zero-order valence-corrected chi connectivity index (χ0v) is 13.7. The van der Waals surface area contributed by atoms with Crippen LogP contribution in [0.3, 0.4) is 0 Å². The van der Waals surface area contributed by atoms with Gasteiger partial charge >= 0.3 is 0 Å². The number of fused-ring (bicyclic) bond motifs is 1. The number of aryl methyl sites for hydroxylation is 1. The van der Waals surface area contributed by atoms with Crippen molar-refractivity contribution in [1.29, 1.82) is 0 Å². The van der Waals surface area contributed by atoms with Crippen molar-refractivity contribution in [2.75, 3.05) is 19.8 Å². The third-order valence-corrected chi connectivity index (χ3v) is 4.86. The summed E-state index contributed by atoms with van der Waals surface area (Å²) in [5.74, 6) is 2.46. The van der Waals surface area contributed by atoms with E-state index in [0.29, 0.717) is 10.6 Å². The fourth-order valence-corrected chi connectivity index (χ4v) is 3.33. The molecule has 1 aliphatic rings. The van der Waals surface area contributed by atoms with E-state index in [1.165, 1.54) is 6.26 Å². The molecule has 1 atom stereocenters. The first-order valence-electron chi connectivity index (χ1n) is 7.07. The van der Waals surface area contributed by atoms with Crippen LogP contribution in [0.1, 0.15) is 23.2 Å². The Balaban J connectivity index is 1.84. The Hall–Kier alpha value is -1.79. The first-order chi connectivity index (χ1) is 10.3. The van der Waals surface area contributed by atoms with E-state index in [4.69, 9.17) is 9.15 Å². The van der Waals surface area contributed by atoms with Gasteiger partial charge in [-0.2, -0.15) is 0 Å². The summed E-state index contributed by atoms with van der Waals surface area (Å²) in [5.41, 5.74) is 1.07. The molecule has 2 heterocycles. The predicted octanol–water partition coefficient (Wildman–Crippen LogP) is 2.56. The van der Waals surface area contributed by atoms with Gasteiger partial charge in [-0.3, -0.25) is 4.90 Å². The largest absolute Gasteiger partial charge is 0.484 e. The Morgan fingerprint density at radius 1 is 1.27 bits per heavy atom. The molecule has 1 aromatic heterocycles. The van der Waals surface area contributed by atoms with Crippen LogP contribution in [0.25, 0.3) is 0 Å². The zero-order chi connectivity index (χ0) is 15.9. The highest BCUT2D eigenvalue weighted by Crippen LogP contribution is 2.32. The van der Waals surface area contributed by atoms with Crippen LogP contribution in [0.2, 0.25) is 0 Å². The minimum Gasteiger partial charge on any atom is -0.484 e. The van der Waals surface area contributed by atoms with Crippen molar-refractivity contribution in [3.05, 3.63) is 47.4 Å². The highest BCUT2D eigenvalue weighted by molar-refractivity contribution is 7.90. The number of nitrogens with zero attached hydrogens (tertiary/aromatic N) is 1. The summed E-state index contributed by atoms with van der Waals surface area (Å²) in [6, 6.07) is 8.53. The maximum absolute atomic E-state index is 11.5. The maximum atomic E-state index is 11.5. The first-order valence-corrected chi connectivity index (χ1v) is 8.96. The lowest BCUT2D eigenvalue weighted by atomic mass is 10.1. The van der Waals surface area contributed by atoms with E-state index in [1.54, 1.807) is 24.3 Å². The van der Waals surface area contributed by atoms with Crippen LogP contribution in [0.15, 0.2) is 39.6 Å². The second-order valence-corrected chi connectivity index (χ2v) is 7.80. The molecule has 0 saturated carbocycles. The summed E-state index contributed by atoms with van der Waals surface area (Å²) in [4.78, 5) is 2.43. The second-order valence-electron chi connectivity index (χ2n) is 5.78. The summed E-state index contributed by atoms with van der Waals surface area (Å²) >= 11 is 0. The number of sulfone groups is 1. The highest BCUT2D eigenvalue weighted by atomic mass is 32.2. The molecule has 3 rings (SSSR count). The monoisotopic (exact) mass is 321 g/mol. The molecule has 0 bridgehead atoms. The van der Waals surface area contributed by atoms with Gasteiger partial charge in [0.2, 0.25) is 0 Å². The summed E-state index contributed by atoms with van der Waals surface area (Å²) in [6.45, 7) is 3.46. The molecule has 0 fully saturated rings. The molecule has 1 aromatic carbocycles. The van der Waals surface area contributed by atoms with Crippen LogP contribution < -0.4 is 4.74 Å². The molecule has 0 radical (unpaired) electrons. The van der Waals surface area contributed by atoms with Gasteiger partial charge in [0.25, 0.3) is 0 Å². The number of furan rings is 1. The molecule has 22 heavy (non-hydrogen) atoms. The SMILES string of the molecule is Cc1cc2c(o1)CN(C)CC2Oc1ccc(S(C)(=O)=O)cc1. The Morgan fingerprint density at radius 3 is 2.59 bits per heavy atom. The molecule has 1 aliphatic heterocycles. The average molecular weight is 321 g/mol. The van der Waals surface area contributed by atoms with Crippen LogP contribution in [0.5, 0.6) is 5.75 Å². The normalized spacial score (nSPS) is 19.0. The number of rotatable bonds is 3. The van der Waals surface area contributed by atoms with Crippen LogP contribution in [-0.4, -0.2) is 33.2 Å². The summed E-state index contributed by atoms with van der Waals surface area (Å²) in [7, 11) is -1.17. The van der Waals surface area contributed by atoms with Gasteiger partial charge in [0, 0.05) is 18.4 Å². The zero-order valence-electron chi connectivity index (χ0n) is 12.9. The van der Waals surface area contributed by atoms with Gasteiger partial charge in [0.1, 0.15) is 23.4 Å². The van der Waals surface area contributed by atoms with Crippen molar-refractivity contribution >= 4 is 9.84 Å². The molecule has 1 unspecified atom stereocenters. The van der Waals surface area contributed by atoms with Crippen LogP contribution in [0.4, 0.5) is 0 Å². The minimum atomic E-state index is -3.19. The molecule has 2 aromatic rings. The van der Waals surface area contributed by atoms with Crippen molar-refractivity contribution in [3.8, 4) is 5.75 Å². The van der Waals surface area contributed by atoms with Crippen molar-refractivity contribution < 1.29 is 17.6 Å². The Bertz CT molecular complexity index is 777. The van der Waals surface area contributed by atoms with Gasteiger partial charge in [-0.05, 0) is 44.3 Å². The van der Waals surface area contributed by atoms with E-state index in [2.05, 4.69) is 4.90 Å². The van der Waals surface area contributed by atoms with Crippen LogP contribution in [0, 0.1) is 6.92 Å². The second kappa shape index (κ2) is 5.44. The van der Waals surface area contributed by atoms with E-state index in [-0.39, 0.29) is 6.10 Å². The molecule has 0 saturated heterocycles. The van der Waals surface area contributed by atoms with Crippen LogP contribution in [-0.2, 0) is 16.4 Å². The van der Waals surface area contributed by atoms with E-state index >= 15 is 0 Å². The number of benzene rings is 1. The van der Waals surface area contributed by atoms with Gasteiger partial charge in [-0.15, -0.1) is 0 Å². The molecule has 118 valence electrons. The number of likely N-dealkylation sites (N-methyl/N-ethyl adjacent to an activating group) is 1.